The van der Waals surface area contributed by atoms with Crippen LogP contribution in [-0.4, -0.2) is 68.9 Å². The quantitative estimate of drug-likeness (QED) is 0.483. The van der Waals surface area contributed by atoms with Crippen molar-refractivity contribution in [2.75, 3.05) is 33.8 Å². The number of aromatic nitrogens is 4. The van der Waals surface area contributed by atoms with E-state index in [2.05, 4.69) is 38.6 Å². The molecule has 5 rings (SSSR count). The van der Waals surface area contributed by atoms with Gasteiger partial charge in [-0.05, 0) is 55.9 Å². The van der Waals surface area contributed by atoms with Gasteiger partial charge in [-0.1, -0.05) is 6.07 Å². The van der Waals surface area contributed by atoms with E-state index in [1.54, 1.807) is 19.5 Å². The van der Waals surface area contributed by atoms with Gasteiger partial charge in [-0.2, -0.15) is 0 Å². The maximum Gasteiger partial charge on any atom is 0.274 e. The average Bonchev–Trinajstić information content (AvgIpc) is 3.29. The first-order valence-corrected chi connectivity index (χ1v) is 10.9. The lowest BCUT2D eigenvalue weighted by atomic mass is 10.1. The standard InChI is InChI=1S/C25H26N6O2/c1-17-13-27-20(14-26-17)25(32)30-12-11-29(2)23(16-30)21-15-31-22(5-4-6-24(31)28-21)18-7-9-19(33-3)10-8-18/h4-10,13-15,23H,11-12,16H2,1-3H3/t23-/m1/s1. The van der Waals surface area contributed by atoms with Crippen molar-refractivity contribution >= 4 is 11.6 Å². The number of hydrogen-bond donors (Lipinski definition) is 0. The normalized spacial score (nSPS) is 16.8. The van der Waals surface area contributed by atoms with Crippen LogP contribution in [0.1, 0.15) is 27.9 Å². The summed E-state index contributed by atoms with van der Waals surface area (Å²) in [7, 11) is 3.74. The number of nitrogens with zero attached hydrogens (tertiary/aromatic N) is 6. The van der Waals surface area contributed by atoms with Gasteiger partial charge >= 0.3 is 0 Å². The molecular formula is C25H26N6O2. The third kappa shape index (κ3) is 4.05. The lowest BCUT2D eigenvalue weighted by Crippen LogP contribution is -2.49. The molecule has 8 nitrogen and oxygen atoms in total. The smallest absolute Gasteiger partial charge is 0.274 e. The monoisotopic (exact) mass is 442 g/mol. The van der Waals surface area contributed by atoms with Crippen LogP contribution >= 0.6 is 0 Å². The number of piperazine rings is 1. The second-order valence-electron chi connectivity index (χ2n) is 8.32. The molecule has 1 aliphatic rings. The predicted molar refractivity (Wildman–Crippen MR) is 125 cm³/mol. The molecule has 0 saturated carbocycles. The number of methoxy groups -OCH3 is 1. The maximum absolute atomic E-state index is 13.0. The second kappa shape index (κ2) is 8.63. The minimum absolute atomic E-state index is 0.00951. The predicted octanol–water partition coefficient (Wildman–Crippen LogP) is 3.24. The van der Waals surface area contributed by atoms with Gasteiger partial charge in [-0.15, -0.1) is 0 Å². The lowest BCUT2D eigenvalue weighted by Gasteiger charge is -2.38. The molecular weight excluding hydrogens is 416 g/mol. The molecule has 8 heteroatoms. The Morgan fingerprint density at radius 1 is 1.06 bits per heavy atom. The zero-order valence-electron chi connectivity index (χ0n) is 19.0. The minimum atomic E-state index is -0.0942. The highest BCUT2D eigenvalue weighted by molar-refractivity contribution is 5.92. The lowest BCUT2D eigenvalue weighted by molar-refractivity contribution is 0.0535. The molecule has 3 aromatic heterocycles. The number of aryl methyl sites for hydroxylation is 1. The summed E-state index contributed by atoms with van der Waals surface area (Å²) in [6, 6.07) is 14.1. The van der Waals surface area contributed by atoms with E-state index in [9.17, 15) is 4.79 Å². The Hall–Kier alpha value is -3.78. The van der Waals surface area contributed by atoms with E-state index in [0.29, 0.717) is 18.8 Å². The Kier molecular flexibility index (Phi) is 5.51. The maximum atomic E-state index is 13.0. The molecule has 0 N–H and O–H groups in total. The van der Waals surface area contributed by atoms with Gasteiger partial charge in [0.1, 0.15) is 17.1 Å². The highest BCUT2D eigenvalue weighted by atomic mass is 16.5. The van der Waals surface area contributed by atoms with Gasteiger partial charge < -0.3 is 9.64 Å². The van der Waals surface area contributed by atoms with Crippen LogP contribution in [0.5, 0.6) is 5.75 Å². The van der Waals surface area contributed by atoms with Gasteiger partial charge in [0.2, 0.25) is 0 Å². The zero-order valence-corrected chi connectivity index (χ0v) is 19.0. The van der Waals surface area contributed by atoms with Gasteiger partial charge in [-0.25, -0.2) is 9.97 Å². The molecule has 0 bridgehead atoms. The van der Waals surface area contributed by atoms with E-state index in [0.717, 1.165) is 40.6 Å². The molecule has 1 amide bonds. The topological polar surface area (TPSA) is 75.9 Å². The molecule has 1 fully saturated rings. The number of benzene rings is 1. The van der Waals surface area contributed by atoms with E-state index in [1.165, 1.54) is 0 Å². The van der Waals surface area contributed by atoms with Gasteiger partial charge in [0.05, 0.1) is 36.4 Å². The number of hydrogen-bond acceptors (Lipinski definition) is 6. The van der Waals surface area contributed by atoms with Crippen molar-refractivity contribution < 1.29 is 9.53 Å². The Balaban J connectivity index is 1.45. The summed E-state index contributed by atoms with van der Waals surface area (Å²) in [5, 5.41) is 0. The molecule has 0 radical (unpaired) electrons. The van der Waals surface area contributed by atoms with Crippen LogP contribution in [0.25, 0.3) is 16.9 Å². The van der Waals surface area contributed by atoms with Crippen molar-refractivity contribution in [3.05, 3.63) is 78.1 Å². The molecule has 0 unspecified atom stereocenters. The van der Waals surface area contributed by atoms with Crippen LogP contribution in [0.3, 0.4) is 0 Å². The number of carbonyl (C=O) groups is 1. The minimum Gasteiger partial charge on any atom is -0.497 e. The first kappa shape index (κ1) is 21.1. The summed E-state index contributed by atoms with van der Waals surface area (Å²) in [6.07, 6.45) is 5.26. The molecule has 4 aromatic rings. The third-order valence-corrected chi connectivity index (χ3v) is 6.17. The van der Waals surface area contributed by atoms with Crippen molar-refractivity contribution in [3.8, 4) is 17.0 Å². The highest BCUT2D eigenvalue weighted by Crippen LogP contribution is 2.28. The van der Waals surface area contributed by atoms with Crippen molar-refractivity contribution in [3.63, 3.8) is 0 Å². The molecule has 1 aromatic carbocycles. The van der Waals surface area contributed by atoms with Gasteiger partial charge in [0.15, 0.2) is 0 Å². The van der Waals surface area contributed by atoms with E-state index in [-0.39, 0.29) is 11.9 Å². The summed E-state index contributed by atoms with van der Waals surface area (Å²) >= 11 is 0. The molecule has 4 heterocycles. The Bertz CT molecular complexity index is 1280. The SMILES string of the molecule is COc1ccc(-c2cccc3nc([C@H]4CN(C(=O)c5cnc(C)cn5)CCN4C)cn23)cc1. The van der Waals surface area contributed by atoms with Gasteiger partial charge in [-0.3, -0.25) is 19.1 Å². The number of carbonyl (C=O) groups excluding carboxylic acids is 1. The fraction of sp³-hybridized carbons (Fsp3) is 0.280. The van der Waals surface area contributed by atoms with Crippen molar-refractivity contribution in [1.82, 2.24) is 29.2 Å². The molecule has 1 atom stereocenters. The number of ether oxygens (including phenoxy) is 1. The number of fused-ring (bicyclic) bond motifs is 1. The number of rotatable bonds is 4. The van der Waals surface area contributed by atoms with E-state index in [1.807, 2.05) is 48.2 Å². The molecule has 0 spiro atoms. The van der Waals surface area contributed by atoms with Crippen LogP contribution in [0.15, 0.2) is 61.1 Å². The van der Waals surface area contributed by atoms with Crippen LogP contribution in [-0.2, 0) is 0 Å². The Morgan fingerprint density at radius 2 is 1.88 bits per heavy atom. The third-order valence-electron chi connectivity index (χ3n) is 6.17. The van der Waals surface area contributed by atoms with Crippen molar-refractivity contribution in [2.45, 2.75) is 13.0 Å². The van der Waals surface area contributed by atoms with Gasteiger partial charge in [0, 0.05) is 32.0 Å². The largest absolute Gasteiger partial charge is 0.497 e. The molecule has 1 aliphatic heterocycles. The number of amides is 1. The summed E-state index contributed by atoms with van der Waals surface area (Å²) in [5.41, 5.74) is 5.11. The van der Waals surface area contributed by atoms with E-state index >= 15 is 0 Å². The molecule has 0 aliphatic carbocycles. The Morgan fingerprint density at radius 3 is 2.61 bits per heavy atom. The van der Waals surface area contributed by atoms with Crippen molar-refractivity contribution in [1.29, 1.82) is 0 Å². The zero-order chi connectivity index (χ0) is 22.9. The number of likely N-dealkylation sites (N-methyl/N-ethyl adjacent to an activating group) is 1. The average molecular weight is 443 g/mol. The Labute approximate surface area is 192 Å². The summed E-state index contributed by atoms with van der Waals surface area (Å²) in [6.45, 7) is 3.81. The summed E-state index contributed by atoms with van der Waals surface area (Å²) < 4.78 is 7.40. The van der Waals surface area contributed by atoms with E-state index in [4.69, 9.17) is 9.72 Å². The first-order chi connectivity index (χ1) is 16.0. The summed E-state index contributed by atoms with van der Waals surface area (Å²) in [5.74, 6) is 0.729. The van der Waals surface area contributed by atoms with E-state index < -0.39 is 0 Å². The highest BCUT2D eigenvalue weighted by Gasteiger charge is 2.31. The van der Waals surface area contributed by atoms with Crippen molar-refractivity contribution in [2.24, 2.45) is 0 Å². The van der Waals surface area contributed by atoms with Crippen LogP contribution in [0.4, 0.5) is 0 Å². The number of imidazole rings is 1. The molecule has 168 valence electrons. The molecule has 33 heavy (non-hydrogen) atoms. The molecule has 1 saturated heterocycles. The second-order valence-corrected chi connectivity index (χ2v) is 8.32. The van der Waals surface area contributed by atoms with Crippen LogP contribution in [0, 0.1) is 6.92 Å². The van der Waals surface area contributed by atoms with Gasteiger partial charge in [0.25, 0.3) is 5.91 Å². The first-order valence-electron chi connectivity index (χ1n) is 10.9. The number of pyridine rings is 1. The fourth-order valence-corrected chi connectivity index (χ4v) is 4.23. The summed E-state index contributed by atoms with van der Waals surface area (Å²) in [4.78, 5) is 30.5. The van der Waals surface area contributed by atoms with Crippen LogP contribution in [0.2, 0.25) is 0 Å². The fourth-order valence-electron chi connectivity index (χ4n) is 4.23. The van der Waals surface area contributed by atoms with Crippen LogP contribution < -0.4 is 4.74 Å².